The molecule has 1 unspecified atom stereocenters. The van der Waals surface area contributed by atoms with Gasteiger partial charge < -0.3 is 19.8 Å². The second kappa shape index (κ2) is 8.54. The molecule has 0 radical (unpaired) electrons. The molecular formula is C22H20N2O5S. The Balaban J connectivity index is 1.32. The van der Waals surface area contributed by atoms with Crippen molar-refractivity contribution in [2.24, 2.45) is 0 Å². The van der Waals surface area contributed by atoms with Gasteiger partial charge in [0.25, 0.3) is 11.8 Å². The Morgan fingerprint density at radius 1 is 1.07 bits per heavy atom. The number of anilines is 2. The summed E-state index contributed by atoms with van der Waals surface area (Å²) in [5.74, 6) is -1.27. The Morgan fingerprint density at radius 3 is 2.70 bits per heavy atom. The molecule has 2 heterocycles. The molecule has 0 saturated carbocycles. The molecule has 0 bridgehead atoms. The number of amides is 2. The number of carbonyl (C=O) groups is 3. The second-order valence-corrected chi connectivity index (χ2v) is 8.05. The largest absolute Gasteiger partial charge is 0.459 e. The summed E-state index contributed by atoms with van der Waals surface area (Å²) in [7, 11) is 0. The molecule has 0 spiro atoms. The van der Waals surface area contributed by atoms with Crippen LogP contribution in [0.25, 0.3) is 0 Å². The summed E-state index contributed by atoms with van der Waals surface area (Å²) in [5.41, 5.74) is 3.27. The topological polar surface area (TPSA) is 97.6 Å². The molecule has 1 aliphatic rings. The van der Waals surface area contributed by atoms with Gasteiger partial charge in [-0.2, -0.15) is 0 Å². The van der Waals surface area contributed by atoms with E-state index in [0.717, 1.165) is 30.6 Å². The monoisotopic (exact) mass is 424 g/mol. The fourth-order valence-corrected chi connectivity index (χ4v) is 4.05. The first-order chi connectivity index (χ1) is 14.5. The van der Waals surface area contributed by atoms with E-state index in [9.17, 15) is 14.4 Å². The van der Waals surface area contributed by atoms with Crippen LogP contribution in [0.15, 0.2) is 53.1 Å². The van der Waals surface area contributed by atoms with Gasteiger partial charge in [0, 0.05) is 5.69 Å². The smallest absolute Gasteiger partial charge is 0.349 e. The molecule has 1 aromatic carbocycles. The van der Waals surface area contributed by atoms with Gasteiger partial charge >= 0.3 is 5.97 Å². The third kappa shape index (κ3) is 4.44. The summed E-state index contributed by atoms with van der Waals surface area (Å²) in [4.78, 5) is 37.1. The number of furan rings is 1. The van der Waals surface area contributed by atoms with Gasteiger partial charge in [-0.3, -0.25) is 9.59 Å². The lowest BCUT2D eigenvalue weighted by atomic mass is 10.1. The fourth-order valence-electron chi connectivity index (χ4n) is 3.26. The van der Waals surface area contributed by atoms with E-state index in [2.05, 4.69) is 10.6 Å². The summed E-state index contributed by atoms with van der Waals surface area (Å²) in [5, 5.41) is 5.91. The van der Waals surface area contributed by atoms with Crippen LogP contribution in [-0.2, 0) is 22.4 Å². The van der Waals surface area contributed by atoms with Crippen LogP contribution in [0.5, 0.6) is 0 Å². The Kier molecular flexibility index (Phi) is 5.67. The number of ether oxygens (including phenoxy) is 1. The van der Waals surface area contributed by atoms with Crippen LogP contribution in [0.4, 0.5) is 10.7 Å². The number of fused-ring (bicyclic) bond motifs is 1. The minimum atomic E-state index is -0.964. The normalized spacial score (nSPS) is 13.4. The van der Waals surface area contributed by atoms with E-state index < -0.39 is 23.9 Å². The van der Waals surface area contributed by atoms with Gasteiger partial charge in [-0.05, 0) is 73.7 Å². The first-order valence-electron chi connectivity index (χ1n) is 9.58. The number of nitrogens with one attached hydrogen (secondary N) is 2. The molecule has 2 amide bonds. The summed E-state index contributed by atoms with van der Waals surface area (Å²) in [6.07, 6.45) is 3.66. The Hall–Kier alpha value is -3.39. The molecule has 30 heavy (non-hydrogen) atoms. The van der Waals surface area contributed by atoms with Gasteiger partial charge in [0.15, 0.2) is 11.9 Å². The molecule has 2 aromatic heterocycles. The number of thiophene rings is 1. The van der Waals surface area contributed by atoms with Gasteiger partial charge in [-0.15, -0.1) is 11.3 Å². The minimum absolute atomic E-state index is 0.171. The third-order valence-electron chi connectivity index (χ3n) is 4.81. The number of hydrogen-bond acceptors (Lipinski definition) is 6. The lowest BCUT2D eigenvalue weighted by Crippen LogP contribution is -2.29. The first-order valence-corrected chi connectivity index (χ1v) is 10.4. The van der Waals surface area contributed by atoms with Crippen molar-refractivity contribution in [1.29, 1.82) is 0 Å². The third-order valence-corrected chi connectivity index (χ3v) is 5.79. The molecule has 3 aromatic rings. The quantitative estimate of drug-likeness (QED) is 0.576. The number of benzene rings is 1. The van der Waals surface area contributed by atoms with Gasteiger partial charge in [0.2, 0.25) is 0 Å². The molecule has 8 heteroatoms. The maximum Gasteiger partial charge on any atom is 0.349 e. The molecular weight excluding hydrogens is 404 g/mol. The zero-order valence-electron chi connectivity index (χ0n) is 16.3. The zero-order valence-corrected chi connectivity index (χ0v) is 17.1. The molecule has 154 valence electrons. The van der Waals surface area contributed by atoms with Crippen molar-refractivity contribution in [3.63, 3.8) is 0 Å². The number of hydrogen-bond donors (Lipinski definition) is 2. The van der Waals surface area contributed by atoms with Crippen molar-refractivity contribution in [2.75, 3.05) is 10.6 Å². The molecule has 0 fully saturated rings. The highest BCUT2D eigenvalue weighted by Gasteiger charge is 2.21. The van der Waals surface area contributed by atoms with E-state index in [4.69, 9.17) is 9.15 Å². The van der Waals surface area contributed by atoms with E-state index in [1.165, 1.54) is 30.4 Å². The van der Waals surface area contributed by atoms with Crippen molar-refractivity contribution < 1.29 is 23.5 Å². The molecule has 0 aliphatic heterocycles. The first kappa shape index (κ1) is 19.9. The minimum Gasteiger partial charge on any atom is -0.459 e. The van der Waals surface area contributed by atoms with Crippen LogP contribution >= 0.6 is 11.3 Å². The van der Waals surface area contributed by atoms with E-state index in [-0.39, 0.29) is 10.6 Å². The second-order valence-electron chi connectivity index (χ2n) is 6.97. The highest BCUT2D eigenvalue weighted by atomic mass is 32.1. The van der Waals surface area contributed by atoms with E-state index in [1.807, 2.05) is 18.2 Å². The lowest BCUT2D eigenvalue weighted by Gasteiger charge is -2.13. The standard InChI is InChI=1S/C22H20N2O5S/c1-13(20(25)23-16-8-7-14-4-2-5-15(14)12-16)29-22(27)18-9-10-19(30-18)24-21(26)17-6-3-11-28-17/h3,6-13H,2,4-5H2,1H3,(H,23,25)(H,24,26). The van der Waals surface area contributed by atoms with Crippen LogP contribution in [-0.4, -0.2) is 23.9 Å². The number of esters is 1. The molecule has 4 rings (SSSR count). The summed E-state index contributed by atoms with van der Waals surface area (Å²) in [6, 6.07) is 12.2. The van der Waals surface area contributed by atoms with Crippen molar-refractivity contribution in [3.05, 3.63) is 70.5 Å². The van der Waals surface area contributed by atoms with Gasteiger partial charge in [0.1, 0.15) is 4.88 Å². The van der Waals surface area contributed by atoms with Crippen molar-refractivity contribution in [2.45, 2.75) is 32.3 Å². The van der Waals surface area contributed by atoms with Crippen molar-refractivity contribution >= 4 is 39.8 Å². The fraction of sp³-hybridized carbons (Fsp3) is 0.227. The Bertz CT molecular complexity index is 1090. The van der Waals surface area contributed by atoms with Crippen LogP contribution in [0.2, 0.25) is 0 Å². The maximum absolute atomic E-state index is 12.4. The van der Waals surface area contributed by atoms with Crippen LogP contribution in [0, 0.1) is 0 Å². The van der Waals surface area contributed by atoms with Crippen LogP contribution in [0.1, 0.15) is 44.7 Å². The Morgan fingerprint density at radius 2 is 1.90 bits per heavy atom. The average molecular weight is 424 g/mol. The highest BCUT2D eigenvalue weighted by Crippen LogP contribution is 2.26. The number of aryl methyl sites for hydroxylation is 2. The number of rotatable bonds is 6. The van der Waals surface area contributed by atoms with Gasteiger partial charge in [-0.25, -0.2) is 4.79 Å². The highest BCUT2D eigenvalue weighted by molar-refractivity contribution is 7.18. The zero-order chi connectivity index (χ0) is 21.1. The molecule has 0 saturated heterocycles. The summed E-state index contributed by atoms with van der Waals surface area (Å²) >= 11 is 1.06. The maximum atomic E-state index is 12.4. The lowest BCUT2D eigenvalue weighted by molar-refractivity contribution is -0.123. The van der Waals surface area contributed by atoms with Crippen LogP contribution < -0.4 is 10.6 Å². The van der Waals surface area contributed by atoms with Crippen molar-refractivity contribution in [3.8, 4) is 0 Å². The molecule has 2 N–H and O–H groups in total. The molecule has 1 aliphatic carbocycles. The Labute approximate surface area is 177 Å². The predicted molar refractivity (Wildman–Crippen MR) is 113 cm³/mol. The van der Waals surface area contributed by atoms with E-state index >= 15 is 0 Å². The summed E-state index contributed by atoms with van der Waals surface area (Å²) < 4.78 is 10.3. The van der Waals surface area contributed by atoms with Gasteiger partial charge in [-0.1, -0.05) is 6.07 Å². The van der Waals surface area contributed by atoms with Crippen molar-refractivity contribution in [1.82, 2.24) is 0 Å². The number of carbonyl (C=O) groups excluding carboxylic acids is 3. The summed E-state index contributed by atoms with van der Waals surface area (Å²) in [6.45, 7) is 1.52. The van der Waals surface area contributed by atoms with E-state index in [0.29, 0.717) is 10.7 Å². The van der Waals surface area contributed by atoms with E-state index in [1.54, 1.807) is 18.2 Å². The van der Waals surface area contributed by atoms with Crippen LogP contribution in [0.3, 0.4) is 0 Å². The average Bonchev–Trinajstić information content (AvgIpc) is 3.48. The van der Waals surface area contributed by atoms with Gasteiger partial charge in [0.05, 0.1) is 11.3 Å². The molecule has 7 nitrogen and oxygen atoms in total. The SMILES string of the molecule is CC(OC(=O)c1ccc(NC(=O)c2ccco2)s1)C(=O)Nc1ccc2c(c1)CCC2. The molecule has 1 atom stereocenters. The predicted octanol–water partition coefficient (Wildman–Crippen LogP) is 4.27.